The number of nitrogens with one attached hydrogen (secondary N) is 1. The average Bonchev–Trinajstić information content (AvgIpc) is 3.14. The normalized spacial score (nSPS) is 11.5. The minimum atomic E-state index is -0.226. The van der Waals surface area contributed by atoms with Crippen molar-refractivity contribution in [1.29, 1.82) is 0 Å². The van der Waals surface area contributed by atoms with Crippen LogP contribution in [0.25, 0.3) is 11.4 Å². The van der Waals surface area contributed by atoms with Crippen molar-refractivity contribution in [2.75, 3.05) is 5.75 Å². The molecular weight excluding hydrogens is 386 g/mol. The number of rotatable bonds is 7. The highest BCUT2D eigenvalue weighted by atomic mass is 32.2. The van der Waals surface area contributed by atoms with Crippen molar-refractivity contribution in [3.05, 3.63) is 59.7 Å². The molecule has 29 heavy (non-hydrogen) atoms. The molecule has 1 heterocycles. The maximum atomic E-state index is 12.2. The number of phenols is 1. The third-order valence-electron chi connectivity index (χ3n) is 4.31. The van der Waals surface area contributed by atoms with Gasteiger partial charge in [0.15, 0.2) is 11.0 Å². The second-order valence-corrected chi connectivity index (χ2v) is 7.43. The van der Waals surface area contributed by atoms with Crippen LogP contribution in [0.15, 0.2) is 58.8 Å². The maximum absolute atomic E-state index is 12.2. The van der Waals surface area contributed by atoms with Crippen LogP contribution in [0.5, 0.6) is 5.75 Å². The lowest BCUT2D eigenvalue weighted by Gasteiger charge is -2.07. The number of amides is 1. The van der Waals surface area contributed by atoms with Crippen molar-refractivity contribution in [2.24, 2.45) is 5.10 Å². The molecule has 0 radical (unpaired) electrons. The van der Waals surface area contributed by atoms with Gasteiger partial charge in [-0.2, -0.15) is 5.10 Å². The van der Waals surface area contributed by atoms with E-state index in [4.69, 9.17) is 0 Å². The summed E-state index contributed by atoms with van der Waals surface area (Å²) in [5, 5.41) is 22.7. The Kier molecular flexibility index (Phi) is 6.66. The lowest BCUT2D eigenvalue weighted by molar-refractivity contribution is -0.118. The first-order valence-electron chi connectivity index (χ1n) is 9.23. The monoisotopic (exact) mass is 409 g/mol. The van der Waals surface area contributed by atoms with Gasteiger partial charge in [-0.1, -0.05) is 41.6 Å². The topological polar surface area (TPSA) is 92.4 Å². The van der Waals surface area contributed by atoms with Crippen molar-refractivity contribution < 1.29 is 9.90 Å². The molecule has 2 aromatic carbocycles. The van der Waals surface area contributed by atoms with Gasteiger partial charge in [0.25, 0.3) is 5.91 Å². The second-order valence-electron chi connectivity index (χ2n) is 6.48. The van der Waals surface area contributed by atoms with E-state index < -0.39 is 0 Å². The van der Waals surface area contributed by atoms with E-state index in [1.54, 1.807) is 31.2 Å². The molecule has 0 aliphatic heterocycles. The molecule has 0 aliphatic carbocycles. The van der Waals surface area contributed by atoms with E-state index in [0.717, 1.165) is 17.0 Å². The highest BCUT2D eigenvalue weighted by Crippen LogP contribution is 2.24. The number of benzene rings is 2. The average molecular weight is 410 g/mol. The van der Waals surface area contributed by atoms with Crippen LogP contribution in [0, 0.1) is 6.92 Å². The van der Waals surface area contributed by atoms with Crippen LogP contribution >= 0.6 is 11.8 Å². The Morgan fingerprint density at radius 2 is 1.83 bits per heavy atom. The van der Waals surface area contributed by atoms with E-state index in [-0.39, 0.29) is 17.4 Å². The molecule has 0 unspecified atom stereocenters. The largest absolute Gasteiger partial charge is 0.508 e. The van der Waals surface area contributed by atoms with E-state index in [1.165, 1.54) is 17.3 Å². The summed E-state index contributed by atoms with van der Waals surface area (Å²) < 4.78 is 1.99. The first kappa shape index (κ1) is 20.6. The van der Waals surface area contributed by atoms with Crippen LogP contribution in [0.4, 0.5) is 0 Å². The molecule has 3 aromatic rings. The summed E-state index contributed by atoms with van der Waals surface area (Å²) in [6.07, 6.45) is 0. The second kappa shape index (κ2) is 9.38. The van der Waals surface area contributed by atoms with Crippen molar-refractivity contribution >= 4 is 23.4 Å². The number of carbonyl (C=O) groups excluding carboxylic acids is 1. The number of phenolic OH excluding ortho intramolecular Hbond substituents is 1. The zero-order chi connectivity index (χ0) is 20.8. The number of carbonyl (C=O) groups is 1. The van der Waals surface area contributed by atoms with Gasteiger partial charge in [-0.05, 0) is 50.6 Å². The summed E-state index contributed by atoms with van der Waals surface area (Å²) in [5.74, 6) is 0.928. The van der Waals surface area contributed by atoms with Gasteiger partial charge in [0.2, 0.25) is 0 Å². The van der Waals surface area contributed by atoms with Gasteiger partial charge in [-0.3, -0.25) is 4.79 Å². The fourth-order valence-corrected chi connectivity index (χ4v) is 3.47. The molecule has 150 valence electrons. The molecule has 7 nitrogen and oxygen atoms in total. The summed E-state index contributed by atoms with van der Waals surface area (Å²) in [4.78, 5) is 12.2. The summed E-state index contributed by atoms with van der Waals surface area (Å²) >= 11 is 1.32. The Morgan fingerprint density at radius 3 is 2.48 bits per heavy atom. The minimum absolute atomic E-state index is 0.179. The van der Waals surface area contributed by atoms with Crippen LogP contribution in [-0.2, 0) is 11.3 Å². The van der Waals surface area contributed by atoms with Crippen molar-refractivity contribution in [2.45, 2.75) is 32.5 Å². The summed E-state index contributed by atoms with van der Waals surface area (Å²) in [6.45, 7) is 6.57. The fourth-order valence-electron chi connectivity index (χ4n) is 2.67. The van der Waals surface area contributed by atoms with Crippen LogP contribution < -0.4 is 5.43 Å². The predicted octanol–water partition coefficient (Wildman–Crippen LogP) is 3.61. The molecule has 0 aliphatic rings. The van der Waals surface area contributed by atoms with Gasteiger partial charge < -0.3 is 9.67 Å². The van der Waals surface area contributed by atoms with Gasteiger partial charge in [0.1, 0.15) is 5.75 Å². The Hall–Kier alpha value is -3.13. The molecular formula is C21H23N5O2S. The number of thioether (sulfide) groups is 1. The van der Waals surface area contributed by atoms with Crippen molar-refractivity contribution in [3.63, 3.8) is 0 Å². The Morgan fingerprint density at radius 1 is 1.14 bits per heavy atom. The highest BCUT2D eigenvalue weighted by molar-refractivity contribution is 7.99. The molecule has 0 atom stereocenters. The van der Waals surface area contributed by atoms with Crippen LogP contribution in [0.1, 0.15) is 25.0 Å². The molecule has 8 heteroatoms. The lowest BCUT2D eigenvalue weighted by Crippen LogP contribution is -2.21. The molecule has 0 saturated heterocycles. The predicted molar refractivity (Wildman–Crippen MR) is 115 cm³/mol. The summed E-state index contributed by atoms with van der Waals surface area (Å²) in [5.41, 5.74) is 6.22. The molecule has 0 bridgehead atoms. The smallest absolute Gasteiger partial charge is 0.250 e. The zero-order valence-electron chi connectivity index (χ0n) is 16.6. The van der Waals surface area contributed by atoms with Gasteiger partial charge in [0.05, 0.1) is 11.5 Å². The number of hydrazone groups is 1. The highest BCUT2D eigenvalue weighted by Gasteiger charge is 2.14. The fraction of sp³-hybridized carbons (Fsp3) is 0.238. The van der Waals surface area contributed by atoms with Crippen molar-refractivity contribution in [1.82, 2.24) is 20.2 Å². The molecule has 0 saturated carbocycles. The van der Waals surface area contributed by atoms with E-state index in [0.29, 0.717) is 17.4 Å². The Bertz CT molecular complexity index is 1010. The van der Waals surface area contributed by atoms with E-state index >= 15 is 0 Å². The molecule has 0 spiro atoms. The molecule has 1 aromatic heterocycles. The minimum Gasteiger partial charge on any atom is -0.508 e. The van der Waals surface area contributed by atoms with Crippen LogP contribution in [0.2, 0.25) is 0 Å². The summed E-state index contributed by atoms with van der Waals surface area (Å²) in [7, 11) is 0. The third-order valence-corrected chi connectivity index (χ3v) is 5.28. The van der Waals surface area contributed by atoms with Gasteiger partial charge in [-0.25, -0.2) is 5.43 Å². The quantitative estimate of drug-likeness (QED) is 0.353. The number of aromatic hydroxyl groups is 1. The standard InChI is InChI=1S/C21H23N5O2S/c1-4-26-20(17-7-5-14(2)6-8-17)24-25-21(26)29-13-19(28)23-22-15(3)16-9-11-18(27)12-10-16/h5-12,27H,4,13H2,1-3H3,(H,23,28)/b22-15-. The van der Waals surface area contributed by atoms with Gasteiger partial charge in [-0.15, -0.1) is 10.2 Å². The summed E-state index contributed by atoms with van der Waals surface area (Å²) in [6, 6.07) is 14.8. The number of aryl methyl sites for hydroxylation is 1. The first-order valence-corrected chi connectivity index (χ1v) is 10.2. The van der Waals surface area contributed by atoms with Crippen LogP contribution in [0.3, 0.4) is 0 Å². The van der Waals surface area contributed by atoms with E-state index in [9.17, 15) is 9.90 Å². The third kappa shape index (κ3) is 5.23. The number of hydrogen-bond donors (Lipinski definition) is 2. The van der Waals surface area contributed by atoms with Gasteiger partial charge in [0, 0.05) is 12.1 Å². The number of nitrogens with zero attached hydrogens (tertiary/aromatic N) is 4. The van der Waals surface area contributed by atoms with E-state index in [2.05, 4.69) is 20.7 Å². The number of hydrogen-bond acceptors (Lipinski definition) is 6. The van der Waals surface area contributed by atoms with Crippen LogP contribution in [-0.4, -0.2) is 37.2 Å². The SMILES string of the molecule is CCn1c(SCC(=O)N/N=C(/C)c2ccc(O)cc2)nnc1-c1ccc(C)cc1. The lowest BCUT2D eigenvalue weighted by atomic mass is 10.1. The Balaban J connectivity index is 1.62. The van der Waals surface area contributed by atoms with Gasteiger partial charge >= 0.3 is 0 Å². The molecule has 3 rings (SSSR count). The molecule has 2 N–H and O–H groups in total. The van der Waals surface area contributed by atoms with Crippen molar-refractivity contribution in [3.8, 4) is 17.1 Å². The molecule has 0 fully saturated rings. The number of aromatic nitrogens is 3. The maximum Gasteiger partial charge on any atom is 0.250 e. The Labute approximate surface area is 173 Å². The molecule has 1 amide bonds. The zero-order valence-corrected chi connectivity index (χ0v) is 17.4. The van der Waals surface area contributed by atoms with E-state index in [1.807, 2.05) is 42.7 Å². The first-order chi connectivity index (χ1) is 14.0.